The van der Waals surface area contributed by atoms with E-state index in [-0.39, 0.29) is 37.3 Å². The molecule has 8 nitrogen and oxygen atoms in total. The summed E-state index contributed by atoms with van der Waals surface area (Å²) in [6.45, 7) is 5.21. The van der Waals surface area contributed by atoms with Gasteiger partial charge in [0.25, 0.3) is 0 Å². The van der Waals surface area contributed by atoms with Crippen LogP contribution in [0, 0.1) is 0 Å². The summed E-state index contributed by atoms with van der Waals surface area (Å²) < 4.78 is 7.76. The fourth-order valence-corrected chi connectivity index (χ4v) is 3.37. The molecule has 0 spiro atoms. The van der Waals surface area contributed by atoms with Crippen molar-refractivity contribution in [1.29, 1.82) is 0 Å². The van der Waals surface area contributed by atoms with Crippen LogP contribution < -0.4 is 21.4 Å². The number of halogens is 2. The van der Waals surface area contributed by atoms with Crippen LogP contribution in [-0.4, -0.2) is 26.0 Å². The van der Waals surface area contributed by atoms with E-state index in [9.17, 15) is 14.4 Å². The number of nitrogens with one attached hydrogen (secondary N) is 1. The number of nitrogens with zero attached hydrogens (tertiary/aromatic N) is 3. The van der Waals surface area contributed by atoms with Crippen molar-refractivity contribution in [3.63, 3.8) is 0 Å². The lowest BCUT2D eigenvalue weighted by Gasteiger charge is -2.16. The number of anilines is 2. The molecule has 33 heavy (non-hydrogen) atoms. The third-order valence-corrected chi connectivity index (χ3v) is 5.23. The van der Waals surface area contributed by atoms with Gasteiger partial charge in [-0.05, 0) is 49.7 Å². The maximum atomic E-state index is 13.2. The molecule has 3 rings (SSSR count). The van der Waals surface area contributed by atoms with Crippen molar-refractivity contribution < 1.29 is 9.53 Å². The number of rotatable bonds is 9. The number of Topliss-reactive ketones (excluding diaryl/α,β-unsaturated/α-hetero) is 1. The highest BCUT2D eigenvalue weighted by atomic mass is 35.5. The Kier molecular flexibility index (Phi) is 7.94. The average Bonchev–Trinajstić information content (AvgIpc) is 2.76. The molecule has 3 aromatic rings. The van der Waals surface area contributed by atoms with Crippen LogP contribution in [0.25, 0.3) is 0 Å². The van der Waals surface area contributed by atoms with E-state index >= 15 is 0 Å². The fourth-order valence-electron chi connectivity index (χ4n) is 3.02. The van der Waals surface area contributed by atoms with E-state index in [1.54, 1.807) is 49.4 Å². The first-order valence-corrected chi connectivity index (χ1v) is 11.1. The SMILES string of the molecule is CCC(=O)Cn1c(=O)nc(Nc2ccc(OC(C)C)c(Cl)c2)n(Cc2ccc(Cl)cc2)c1=O. The Labute approximate surface area is 200 Å². The molecule has 0 saturated heterocycles. The monoisotopic (exact) mass is 490 g/mol. The zero-order chi connectivity index (χ0) is 24.1. The first-order chi connectivity index (χ1) is 15.7. The van der Waals surface area contributed by atoms with Crippen LogP contribution in [0.4, 0.5) is 11.6 Å². The average molecular weight is 491 g/mol. The van der Waals surface area contributed by atoms with Gasteiger partial charge in [-0.25, -0.2) is 14.2 Å². The van der Waals surface area contributed by atoms with Gasteiger partial charge in [-0.2, -0.15) is 4.98 Å². The molecule has 174 valence electrons. The van der Waals surface area contributed by atoms with Gasteiger partial charge in [0.2, 0.25) is 5.95 Å². The van der Waals surface area contributed by atoms with Crippen LogP contribution in [0.2, 0.25) is 10.0 Å². The zero-order valence-corrected chi connectivity index (χ0v) is 20.0. The lowest BCUT2D eigenvalue weighted by Crippen LogP contribution is -2.44. The van der Waals surface area contributed by atoms with E-state index in [0.717, 1.165) is 10.1 Å². The van der Waals surface area contributed by atoms with Gasteiger partial charge in [0, 0.05) is 17.1 Å². The number of aromatic nitrogens is 3. The lowest BCUT2D eigenvalue weighted by molar-refractivity contribution is -0.119. The third kappa shape index (κ3) is 6.24. The molecule has 0 fully saturated rings. The highest BCUT2D eigenvalue weighted by Crippen LogP contribution is 2.29. The second-order valence-corrected chi connectivity index (χ2v) is 8.47. The summed E-state index contributed by atoms with van der Waals surface area (Å²) in [5.41, 5.74) is -0.200. The summed E-state index contributed by atoms with van der Waals surface area (Å²) in [6, 6.07) is 11.9. The van der Waals surface area contributed by atoms with Gasteiger partial charge in [0.1, 0.15) is 5.75 Å². The molecule has 1 N–H and O–H groups in total. The Balaban J connectivity index is 2.04. The number of benzene rings is 2. The van der Waals surface area contributed by atoms with E-state index in [0.29, 0.717) is 21.5 Å². The second kappa shape index (κ2) is 10.7. The summed E-state index contributed by atoms with van der Waals surface area (Å²) in [5, 5.41) is 3.91. The molecule has 0 amide bonds. The van der Waals surface area contributed by atoms with Gasteiger partial charge < -0.3 is 10.1 Å². The summed E-state index contributed by atoms with van der Waals surface area (Å²) in [6.07, 6.45) is 0.151. The molecule has 10 heteroatoms. The minimum atomic E-state index is -0.817. The number of hydrogen-bond acceptors (Lipinski definition) is 6. The second-order valence-electron chi connectivity index (χ2n) is 7.63. The predicted molar refractivity (Wildman–Crippen MR) is 129 cm³/mol. The summed E-state index contributed by atoms with van der Waals surface area (Å²) in [5.74, 6) is 0.285. The van der Waals surface area contributed by atoms with Crippen molar-refractivity contribution in [1.82, 2.24) is 14.1 Å². The van der Waals surface area contributed by atoms with Crippen molar-refractivity contribution in [3.05, 3.63) is 79.0 Å². The van der Waals surface area contributed by atoms with Gasteiger partial charge >= 0.3 is 11.4 Å². The van der Waals surface area contributed by atoms with Gasteiger partial charge in [0.15, 0.2) is 5.78 Å². The Morgan fingerprint density at radius 1 is 1.09 bits per heavy atom. The highest BCUT2D eigenvalue weighted by Gasteiger charge is 2.16. The molecular formula is C23H24Cl2N4O4. The third-order valence-electron chi connectivity index (χ3n) is 4.68. The Morgan fingerprint density at radius 3 is 2.39 bits per heavy atom. The van der Waals surface area contributed by atoms with Crippen LogP contribution >= 0.6 is 23.2 Å². The largest absolute Gasteiger partial charge is 0.489 e. The van der Waals surface area contributed by atoms with Crippen molar-refractivity contribution in [2.45, 2.75) is 46.4 Å². The Morgan fingerprint density at radius 2 is 1.79 bits per heavy atom. The molecule has 0 aliphatic carbocycles. The molecule has 0 aliphatic rings. The molecular weight excluding hydrogens is 467 g/mol. The molecule has 0 atom stereocenters. The van der Waals surface area contributed by atoms with Crippen LogP contribution in [0.3, 0.4) is 0 Å². The molecule has 2 aromatic carbocycles. The van der Waals surface area contributed by atoms with Crippen molar-refractivity contribution in [2.75, 3.05) is 5.32 Å². The number of carbonyl (C=O) groups excluding carboxylic acids is 1. The van der Waals surface area contributed by atoms with Crippen molar-refractivity contribution in [2.24, 2.45) is 0 Å². The number of ketones is 1. The molecule has 0 saturated carbocycles. The van der Waals surface area contributed by atoms with Crippen LogP contribution in [-0.2, 0) is 17.9 Å². The Hall–Kier alpha value is -3.10. The maximum Gasteiger partial charge on any atom is 0.355 e. The normalized spacial score (nSPS) is 11.0. The zero-order valence-electron chi connectivity index (χ0n) is 18.5. The molecule has 1 heterocycles. The van der Waals surface area contributed by atoms with E-state index in [2.05, 4.69) is 10.3 Å². The van der Waals surface area contributed by atoms with Gasteiger partial charge in [-0.15, -0.1) is 0 Å². The quantitative estimate of drug-likeness (QED) is 0.481. The molecule has 0 radical (unpaired) electrons. The Bertz CT molecular complexity index is 1270. The van der Waals surface area contributed by atoms with E-state index in [1.165, 1.54) is 4.57 Å². The van der Waals surface area contributed by atoms with E-state index < -0.39 is 11.4 Å². The highest BCUT2D eigenvalue weighted by molar-refractivity contribution is 6.32. The summed E-state index contributed by atoms with van der Waals surface area (Å²) >= 11 is 12.3. The van der Waals surface area contributed by atoms with Gasteiger partial charge in [-0.3, -0.25) is 9.36 Å². The maximum absolute atomic E-state index is 13.2. The molecule has 0 bridgehead atoms. The van der Waals surface area contributed by atoms with E-state index in [4.69, 9.17) is 27.9 Å². The van der Waals surface area contributed by atoms with Crippen LogP contribution in [0.15, 0.2) is 52.1 Å². The summed E-state index contributed by atoms with van der Waals surface area (Å²) in [7, 11) is 0. The number of carbonyl (C=O) groups is 1. The molecule has 0 unspecified atom stereocenters. The smallest absolute Gasteiger partial charge is 0.355 e. The van der Waals surface area contributed by atoms with Crippen LogP contribution in [0.1, 0.15) is 32.8 Å². The number of hydrogen-bond donors (Lipinski definition) is 1. The van der Waals surface area contributed by atoms with Gasteiger partial charge in [-0.1, -0.05) is 42.3 Å². The van der Waals surface area contributed by atoms with Crippen LogP contribution in [0.5, 0.6) is 5.75 Å². The minimum absolute atomic E-state index is 0.0220. The standard InChI is InChI=1S/C23H24Cl2N4O4/c1-4-18(30)13-29-22(31)27-21(26-17-9-10-20(19(25)11-17)33-14(2)3)28(23(29)32)12-15-5-7-16(24)8-6-15/h5-11,14H,4,12-13H2,1-3H3,(H,26,27,31). The predicted octanol–water partition coefficient (Wildman–Crippen LogP) is 4.27. The van der Waals surface area contributed by atoms with E-state index in [1.807, 2.05) is 13.8 Å². The summed E-state index contributed by atoms with van der Waals surface area (Å²) in [4.78, 5) is 41.7. The molecule has 1 aromatic heterocycles. The molecule has 0 aliphatic heterocycles. The number of ether oxygens (including phenoxy) is 1. The van der Waals surface area contributed by atoms with Gasteiger partial charge in [0.05, 0.1) is 24.2 Å². The minimum Gasteiger partial charge on any atom is -0.489 e. The topological polar surface area (TPSA) is 95.2 Å². The van der Waals surface area contributed by atoms with Crippen molar-refractivity contribution in [3.8, 4) is 5.75 Å². The fraction of sp³-hybridized carbons (Fsp3) is 0.304. The lowest BCUT2D eigenvalue weighted by atomic mass is 10.2. The first-order valence-electron chi connectivity index (χ1n) is 10.4. The first kappa shape index (κ1) is 24.5. The van der Waals surface area contributed by atoms with Crippen molar-refractivity contribution >= 4 is 40.6 Å².